The second kappa shape index (κ2) is 11.1. The average Bonchev–Trinajstić information content (AvgIpc) is 2.81. The fourth-order valence-corrected chi connectivity index (χ4v) is 4.82. The first-order valence-electron chi connectivity index (χ1n) is 10.9. The van der Waals surface area contributed by atoms with Crippen molar-refractivity contribution >= 4 is 50.9 Å². The van der Waals surface area contributed by atoms with Crippen LogP contribution in [-0.2, 0) is 9.59 Å². The van der Waals surface area contributed by atoms with E-state index in [-0.39, 0.29) is 23.2 Å². The molecule has 2 heterocycles. The molecule has 3 rings (SSSR count). The van der Waals surface area contributed by atoms with Crippen LogP contribution in [0.25, 0.3) is 5.70 Å². The molecule has 0 aliphatic carbocycles. The van der Waals surface area contributed by atoms with Crippen molar-refractivity contribution in [3.8, 4) is 5.75 Å². The molecule has 0 radical (unpaired) electrons. The molecule has 8 nitrogen and oxygen atoms in total. The number of piperidine rings is 1. The van der Waals surface area contributed by atoms with E-state index >= 15 is 0 Å². The highest BCUT2D eigenvalue weighted by atomic mass is 79.9. The van der Waals surface area contributed by atoms with Gasteiger partial charge in [-0.15, -0.1) is 0 Å². The fourth-order valence-electron chi connectivity index (χ4n) is 4.27. The summed E-state index contributed by atoms with van der Waals surface area (Å²) in [7, 11) is 0. The molecular weight excluding hydrogens is 510 g/mol. The maximum Gasteiger partial charge on any atom is 0.254 e. The van der Waals surface area contributed by atoms with Gasteiger partial charge in [0, 0.05) is 31.2 Å². The van der Waals surface area contributed by atoms with Crippen LogP contribution in [0.2, 0.25) is 5.02 Å². The zero-order valence-corrected chi connectivity index (χ0v) is 20.9. The first kappa shape index (κ1) is 25.1. The smallest absolute Gasteiger partial charge is 0.254 e. The molecule has 2 aliphatic heterocycles. The molecule has 1 aromatic rings. The predicted molar refractivity (Wildman–Crippen MR) is 134 cm³/mol. The van der Waals surface area contributed by atoms with Gasteiger partial charge in [-0.05, 0) is 66.2 Å². The molecule has 1 saturated heterocycles. The minimum Gasteiger partial charge on any atom is -0.493 e. The number of hydrogen-bond acceptors (Lipinski definition) is 6. The largest absolute Gasteiger partial charge is 0.493 e. The Morgan fingerprint density at radius 1 is 1.33 bits per heavy atom. The summed E-state index contributed by atoms with van der Waals surface area (Å²) in [4.78, 5) is 30.6. The van der Waals surface area contributed by atoms with E-state index in [4.69, 9.17) is 27.8 Å². The lowest BCUT2D eigenvalue weighted by atomic mass is 9.86. The van der Waals surface area contributed by atoms with Gasteiger partial charge in [-0.1, -0.05) is 18.2 Å². The molecule has 0 saturated carbocycles. The van der Waals surface area contributed by atoms with E-state index in [1.807, 2.05) is 6.92 Å². The third kappa shape index (κ3) is 5.70. The standard InChI is InChI=1S/C23H29BrClN5O3/c1-3-18(31)30-9-6-13(7-10-30)16-5-8-28-23(29-16)19(22(27)32)21(26)14-11-15(25)20(24)17(12-14)33-4-2/h3,11-13,16H,1,4-10,26H2,2H3,(H2,27,32)(H,28,29). The number of carbonyl (C=O) groups is 2. The maximum absolute atomic E-state index is 12.4. The van der Waals surface area contributed by atoms with Gasteiger partial charge in [-0.25, -0.2) is 0 Å². The minimum absolute atomic E-state index is 0.0430. The van der Waals surface area contributed by atoms with Crippen LogP contribution in [0.4, 0.5) is 0 Å². The van der Waals surface area contributed by atoms with Crippen molar-refractivity contribution in [3.05, 3.63) is 45.4 Å². The van der Waals surface area contributed by atoms with Crippen LogP contribution < -0.4 is 21.5 Å². The molecule has 178 valence electrons. The van der Waals surface area contributed by atoms with Crippen LogP contribution in [0.15, 0.2) is 39.8 Å². The van der Waals surface area contributed by atoms with Crippen molar-refractivity contribution < 1.29 is 14.3 Å². The molecule has 1 aromatic carbocycles. The number of benzene rings is 1. The van der Waals surface area contributed by atoms with Crippen LogP contribution in [0, 0.1) is 5.92 Å². The van der Waals surface area contributed by atoms with Gasteiger partial charge in [0.2, 0.25) is 5.91 Å². The summed E-state index contributed by atoms with van der Waals surface area (Å²) in [5.74, 6) is 0.523. The molecule has 1 unspecified atom stereocenters. The van der Waals surface area contributed by atoms with E-state index in [0.717, 1.165) is 19.3 Å². The van der Waals surface area contributed by atoms with Gasteiger partial charge >= 0.3 is 0 Å². The quantitative estimate of drug-likeness (QED) is 0.461. The minimum atomic E-state index is -0.678. The monoisotopic (exact) mass is 537 g/mol. The van der Waals surface area contributed by atoms with E-state index in [1.54, 1.807) is 17.0 Å². The maximum atomic E-state index is 12.4. The van der Waals surface area contributed by atoms with Gasteiger partial charge in [0.05, 0.1) is 21.8 Å². The lowest BCUT2D eigenvalue weighted by Gasteiger charge is -2.38. The Hall–Kier alpha value is -2.52. The average molecular weight is 539 g/mol. The van der Waals surface area contributed by atoms with Gasteiger partial charge < -0.3 is 26.4 Å². The van der Waals surface area contributed by atoms with E-state index in [2.05, 4.69) is 32.8 Å². The van der Waals surface area contributed by atoms with E-state index in [9.17, 15) is 9.59 Å². The Bertz CT molecular complexity index is 1000. The molecule has 0 spiro atoms. The van der Waals surface area contributed by atoms with Crippen molar-refractivity contribution in [1.29, 1.82) is 0 Å². The number of amidine groups is 1. The third-order valence-corrected chi connectivity index (χ3v) is 7.33. The highest BCUT2D eigenvalue weighted by molar-refractivity contribution is 9.10. The van der Waals surface area contributed by atoms with Gasteiger partial charge in [0.1, 0.15) is 17.2 Å². The van der Waals surface area contributed by atoms with Gasteiger partial charge in [-0.2, -0.15) is 0 Å². The van der Waals surface area contributed by atoms with Gasteiger partial charge in [0.15, 0.2) is 0 Å². The van der Waals surface area contributed by atoms with Crippen LogP contribution in [0.1, 0.15) is 31.7 Å². The third-order valence-electron chi connectivity index (χ3n) is 5.99. The number of likely N-dealkylation sites (tertiary alicyclic amines) is 1. The molecule has 1 atom stereocenters. The second-order valence-corrected chi connectivity index (χ2v) is 9.19. The number of nitrogens with two attached hydrogens (primary N) is 2. The molecule has 10 heteroatoms. The van der Waals surface area contributed by atoms with Crippen LogP contribution in [0.5, 0.6) is 5.75 Å². The summed E-state index contributed by atoms with van der Waals surface area (Å²) in [5, 5.41) is 3.80. The van der Waals surface area contributed by atoms with Gasteiger partial charge in [-0.3, -0.25) is 14.6 Å². The molecule has 2 aliphatic rings. The van der Waals surface area contributed by atoms with Crippen LogP contribution in [-0.4, -0.2) is 54.8 Å². The second-order valence-electron chi connectivity index (χ2n) is 7.99. The molecule has 1 fully saturated rings. The molecular formula is C23H29BrClN5O3. The number of amides is 2. The zero-order chi connectivity index (χ0) is 24.1. The van der Waals surface area contributed by atoms with Crippen molar-refractivity contribution in [2.45, 2.75) is 32.2 Å². The molecule has 2 amide bonds. The molecule has 0 aromatic heterocycles. The fraction of sp³-hybridized carbons (Fsp3) is 0.435. The van der Waals surface area contributed by atoms with E-state index in [1.165, 1.54) is 6.08 Å². The predicted octanol–water partition coefficient (Wildman–Crippen LogP) is 2.84. The summed E-state index contributed by atoms with van der Waals surface area (Å²) in [6.07, 6.45) is 3.89. The highest BCUT2D eigenvalue weighted by Crippen LogP contribution is 2.36. The number of nitrogens with zero attached hydrogens (tertiary/aromatic N) is 2. The van der Waals surface area contributed by atoms with Crippen molar-refractivity contribution in [3.63, 3.8) is 0 Å². The van der Waals surface area contributed by atoms with Crippen LogP contribution >= 0.6 is 27.5 Å². The normalized spacial score (nSPS) is 19.8. The van der Waals surface area contributed by atoms with Gasteiger partial charge in [0.25, 0.3) is 5.91 Å². The number of carbonyl (C=O) groups excluding carboxylic acids is 2. The van der Waals surface area contributed by atoms with Crippen molar-refractivity contribution in [2.75, 3.05) is 26.2 Å². The highest BCUT2D eigenvalue weighted by Gasteiger charge is 2.32. The Morgan fingerprint density at radius 3 is 2.64 bits per heavy atom. The van der Waals surface area contributed by atoms with Crippen molar-refractivity contribution in [2.24, 2.45) is 22.4 Å². The molecule has 33 heavy (non-hydrogen) atoms. The van der Waals surface area contributed by atoms with Crippen molar-refractivity contribution in [1.82, 2.24) is 10.2 Å². The topological polar surface area (TPSA) is 123 Å². The summed E-state index contributed by atoms with van der Waals surface area (Å²) in [6.45, 7) is 7.77. The SMILES string of the molecule is C=CC(=O)N1CCC(C2CCN=C(C(C(N)=O)=C(N)c3cc(Cl)c(Br)c(OCC)c3)N2)CC1. The number of nitrogens with one attached hydrogen (secondary N) is 1. The van der Waals surface area contributed by atoms with E-state index in [0.29, 0.717) is 58.8 Å². The lowest BCUT2D eigenvalue weighted by molar-refractivity contribution is -0.127. The lowest BCUT2D eigenvalue weighted by Crippen LogP contribution is -2.50. The summed E-state index contributed by atoms with van der Waals surface area (Å²) in [5.41, 5.74) is 13.0. The Balaban J connectivity index is 1.84. The summed E-state index contributed by atoms with van der Waals surface area (Å²) >= 11 is 9.74. The Kier molecular flexibility index (Phi) is 8.42. The summed E-state index contributed by atoms with van der Waals surface area (Å²) in [6, 6.07) is 3.47. The number of aliphatic imine (C=N–C) groups is 1. The molecule has 0 bridgehead atoms. The number of primary amides is 1. The first-order chi connectivity index (χ1) is 15.8. The number of ether oxygens (including phenoxy) is 1. The zero-order valence-electron chi connectivity index (χ0n) is 18.6. The Morgan fingerprint density at radius 2 is 2.03 bits per heavy atom. The van der Waals surface area contributed by atoms with E-state index < -0.39 is 5.91 Å². The first-order valence-corrected chi connectivity index (χ1v) is 12.1. The number of hydrogen-bond donors (Lipinski definition) is 3. The summed E-state index contributed by atoms with van der Waals surface area (Å²) < 4.78 is 6.23. The van der Waals surface area contributed by atoms with Crippen LogP contribution in [0.3, 0.4) is 0 Å². The molecule has 5 N–H and O–H groups in total. The number of halogens is 2. The Labute approximate surface area is 207 Å². The number of rotatable bonds is 7.